The fourth-order valence-electron chi connectivity index (χ4n) is 2.88. The Morgan fingerprint density at radius 2 is 1.90 bits per heavy atom. The average Bonchev–Trinajstić information content (AvgIpc) is 2.45. The summed E-state index contributed by atoms with van der Waals surface area (Å²) in [5, 5.41) is 12.9. The summed E-state index contributed by atoms with van der Waals surface area (Å²) in [7, 11) is 0. The molecule has 0 aliphatic carbocycles. The molecule has 0 amide bonds. The van der Waals surface area contributed by atoms with E-state index in [0.29, 0.717) is 12.5 Å². The summed E-state index contributed by atoms with van der Waals surface area (Å²) in [6.45, 7) is 12.1. The lowest BCUT2D eigenvalue weighted by molar-refractivity contribution is 0.203. The minimum atomic E-state index is 0.130. The molecule has 2 N–H and O–H groups in total. The van der Waals surface area contributed by atoms with Gasteiger partial charge in [0.05, 0.1) is 0 Å². The van der Waals surface area contributed by atoms with E-state index in [9.17, 15) is 5.11 Å². The van der Waals surface area contributed by atoms with Gasteiger partial charge in [-0.25, -0.2) is 0 Å². The number of aliphatic hydroxyl groups excluding tert-OH is 1. The topological polar surface area (TPSA) is 35.5 Å². The average molecular weight is 290 g/mol. The van der Waals surface area contributed by atoms with Crippen molar-refractivity contribution >= 4 is 5.69 Å². The van der Waals surface area contributed by atoms with Gasteiger partial charge in [0.25, 0.3) is 0 Å². The molecule has 0 spiro atoms. The minimum Gasteiger partial charge on any atom is -0.396 e. The van der Waals surface area contributed by atoms with Crippen molar-refractivity contribution in [1.29, 1.82) is 0 Å². The second-order valence-corrected chi connectivity index (χ2v) is 7.35. The highest BCUT2D eigenvalue weighted by atomic mass is 16.3. The van der Waals surface area contributed by atoms with Crippen molar-refractivity contribution in [2.24, 2.45) is 5.92 Å². The van der Waals surface area contributed by atoms with E-state index < -0.39 is 0 Å². The smallest absolute Gasteiger partial charge is 0.0460 e. The lowest BCUT2D eigenvalue weighted by Crippen LogP contribution is -2.38. The monoisotopic (exact) mass is 290 g/mol. The molecule has 1 saturated heterocycles. The van der Waals surface area contributed by atoms with Crippen molar-refractivity contribution in [3.05, 3.63) is 29.3 Å². The first kappa shape index (κ1) is 16.3. The standard InChI is InChI=1S/C18H30N2O/c1-14-5-6-17(16(11-14)12-19-18(2,3)4)20-9-7-15(13-21)8-10-20/h5-6,11,15,19,21H,7-10,12-13H2,1-4H3. The molecular formula is C18H30N2O. The van der Waals surface area contributed by atoms with Crippen molar-refractivity contribution in [1.82, 2.24) is 5.32 Å². The maximum absolute atomic E-state index is 9.28. The van der Waals surface area contributed by atoms with Gasteiger partial charge in [0, 0.05) is 37.5 Å². The highest BCUT2D eigenvalue weighted by Crippen LogP contribution is 2.27. The highest BCUT2D eigenvalue weighted by Gasteiger charge is 2.21. The normalized spacial score (nSPS) is 17.3. The summed E-state index contributed by atoms with van der Waals surface area (Å²) >= 11 is 0. The zero-order valence-electron chi connectivity index (χ0n) is 13.9. The number of rotatable bonds is 4. The number of piperidine rings is 1. The molecular weight excluding hydrogens is 260 g/mol. The third-order valence-corrected chi connectivity index (χ3v) is 4.26. The number of aryl methyl sites for hydroxylation is 1. The van der Waals surface area contributed by atoms with Crippen molar-refractivity contribution < 1.29 is 5.11 Å². The fraction of sp³-hybridized carbons (Fsp3) is 0.667. The van der Waals surface area contributed by atoms with Crippen LogP contribution in [0.25, 0.3) is 0 Å². The van der Waals surface area contributed by atoms with E-state index in [1.165, 1.54) is 16.8 Å². The van der Waals surface area contributed by atoms with Gasteiger partial charge in [-0.3, -0.25) is 0 Å². The number of hydrogen-bond acceptors (Lipinski definition) is 3. The second-order valence-electron chi connectivity index (χ2n) is 7.35. The van der Waals surface area contributed by atoms with E-state index in [4.69, 9.17) is 0 Å². The largest absolute Gasteiger partial charge is 0.396 e. The van der Waals surface area contributed by atoms with Crippen LogP contribution in [0.15, 0.2) is 18.2 Å². The quantitative estimate of drug-likeness (QED) is 0.894. The van der Waals surface area contributed by atoms with E-state index in [2.05, 4.69) is 56.1 Å². The summed E-state index contributed by atoms with van der Waals surface area (Å²) < 4.78 is 0. The van der Waals surface area contributed by atoms with E-state index in [0.717, 1.165) is 32.5 Å². The van der Waals surface area contributed by atoms with Crippen molar-refractivity contribution in [2.45, 2.75) is 52.6 Å². The number of benzene rings is 1. The molecule has 118 valence electrons. The molecule has 1 heterocycles. The third kappa shape index (κ3) is 4.72. The zero-order valence-corrected chi connectivity index (χ0v) is 13.9. The number of nitrogens with zero attached hydrogens (tertiary/aromatic N) is 1. The van der Waals surface area contributed by atoms with Crippen LogP contribution in [0.4, 0.5) is 5.69 Å². The van der Waals surface area contributed by atoms with Gasteiger partial charge in [0.2, 0.25) is 0 Å². The Kier molecular flexibility index (Phi) is 5.28. The molecule has 1 aliphatic rings. The molecule has 1 aliphatic heterocycles. The Morgan fingerprint density at radius 3 is 2.48 bits per heavy atom. The maximum Gasteiger partial charge on any atom is 0.0460 e. The molecule has 3 nitrogen and oxygen atoms in total. The zero-order chi connectivity index (χ0) is 15.5. The second kappa shape index (κ2) is 6.80. The summed E-state index contributed by atoms with van der Waals surface area (Å²) in [5.41, 5.74) is 4.18. The Balaban J connectivity index is 2.11. The van der Waals surface area contributed by atoms with Crippen LogP contribution >= 0.6 is 0 Å². The molecule has 0 unspecified atom stereocenters. The molecule has 3 heteroatoms. The van der Waals surface area contributed by atoms with Crippen LogP contribution in [0, 0.1) is 12.8 Å². The van der Waals surface area contributed by atoms with Crippen LogP contribution in [0.5, 0.6) is 0 Å². The molecule has 21 heavy (non-hydrogen) atoms. The SMILES string of the molecule is Cc1ccc(N2CCC(CO)CC2)c(CNC(C)(C)C)c1. The van der Waals surface area contributed by atoms with E-state index in [1.807, 2.05) is 0 Å². The van der Waals surface area contributed by atoms with Crippen molar-refractivity contribution in [3.63, 3.8) is 0 Å². The first-order valence-electron chi connectivity index (χ1n) is 8.09. The van der Waals surface area contributed by atoms with Crippen LogP contribution in [-0.4, -0.2) is 30.3 Å². The molecule has 0 atom stereocenters. The highest BCUT2D eigenvalue weighted by molar-refractivity contribution is 5.55. The van der Waals surface area contributed by atoms with Gasteiger partial charge < -0.3 is 15.3 Å². The van der Waals surface area contributed by atoms with Crippen molar-refractivity contribution in [3.8, 4) is 0 Å². The van der Waals surface area contributed by atoms with Gasteiger partial charge in [-0.15, -0.1) is 0 Å². The van der Waals surface area contributed by atoms with Gasteiger partial charge in [-0.1, -0.05) is 17.7 Å². The summed E-state index contributed by atoms with van der Waals surface area (Å²) in [6.07, 6.45) is 2.19. The maximum atomic E-state index is 9.28. The van der Waals surface area contributed by atoms with Gasteiger partial charge in [-0.2, -0.15) is 0 Å². The first-order chi connectivity index (χ1) is 9.89. The summed E-state index contributed by atoms with van der Waals surface area (Å²) in [5.74, 6) is 0.489. The van der Waals surface area contributed by atoms with Crippen LogP contribution in [0.3, 0.4) is 0 Å². The Bertz CT molecular complexity index is 457. The molecule has 1 aromatic rings. The Hall–Kier alpha value is -1.06. The first-order valence-corrected chi connectivity index (χ1v) is 8.09. The van der Waals surface area contributed by atoms with Crippen LogP contribution < -0.4 is 10.2 Å². The Labute approximate surface area is 129 Å². The lowest BCUT2D eigenvalue weighted by Gasteiger charge is -2.34. The van der Waals surface area contributed by atoms with Gasteiger partial charge in [0.15, 0.2) is 0 Å². The molecule has 0 saturated carbocycles. The molecule has 1 aromatic carbocycles. The number of anilines is 1. The number of nitrogens with one attached hydrogen (secondary N) is 1. The van der Waals surface area contributed by atoms with Gasteiger partial charge in [-0.05, 0) is 58.1 Å². The van der Waals surface area contributed by atoms with Gasteiger partial charge >= 0.3 is 0 Å². The summed E-state index contributed by atoms with van der Waals surface area (Å²) in [4.78, 5) is 2.48. The molecule has 0 bridgehead atoms. The Morgan fingerprint density at radius 1 is 1.24 bits per heavy atom. The van der Waals surface area contributed by atoms with Gasteiger partial charge in [0.1, 0.15) is 0 Å². The van der Waals surface area contributed by atoms with E-state index in [-0.39, 0.29) is 5.54 Å². The molecule has 1 fully saturated rings. The molecule has 2 rings (SSSR count). The summed E-state index contributed by atoms with van der Waals surface area (Å²) in [6, 6.07) is 6.76. The fourth-order valence-corrected chi connectivity index (χ4v) is 2.88. The third-order valence-electron chi connectivity index (χ3n) is 4.26. The number of aliphatic hydroxyl groups is 1. The van der Waals surface area contributed by atoms with Crippen LogP contribution in [0.2, 0.25) is 0 Å². The molecule has 0 radical (unpaired) electrons. The lowest BCUT2D eigenvalue weighted by atomic mass is 9.96. The molecule has 0 aromatic heterocycles. The number of hydrogen-bond donors (Lipinski definition) is 2. The minimum absolute atomic E-state index is 0.130. The predicted molar refractivity (Wildman–Crippen MR) is 89.8 cm³/mol. The van der Waals surface area contributed by atoms with Crippen LogP contribution in [0.1, 0.15) is 44.7 Å². The van der Waals surface area contributed by atoms with Crippen LogP contribution in [-0.2, 0) is 6.54 Å². The van der Waals surface area contributed by atoms with E-state index >= 15 is 0 Å². The van der Waals surface area contributed by atoms with Crippen molar-refractivity contribution in [2.75, 3.05) is 24.6 Å². The van der Waals surface area contributed by atoms with E-state index in [1.54, 1.807) is 0 Å². The predicted octanol–water partition coefficient (Wildman–Crippen LogP) is 3.09.